The zero-order chi connectivity index (χ0) is 13.3. The smallest absolute Gasteiger partial charge is 0.342 e. The Labute approximate surface area is 107 Å². The number of carbonyl (C=O) groups is 1. The molecular weight excluding hydrogens is 256 g/mol. The summed E-state index contributed by atoms with van der Waals surface area (Å²) in [7, 11) is 0. The highest BCUT2D eigenvalue weighted by Gasteiger charge is 2.27. The maximum Gasteiger partial charge on any atom is 0.342 e. The number of aromatic carboxylic acids is 1. The molecule has 0 aliphatic heterocycles. The molecule has 7 heteroatoms. The van der Waals surface area contributed by atoms with Gasteiger partial charge in [-0.25, -0.2) is 9.59 Å². The third kappa shape index (κ3) is 2.35. The Bertz CT molecular complexity index is 577. The van der Waals surface area contributed by atoms with Gasteiger partial charge in [-0.15, -0.1) is 0 Å². The van der Waals surface area contributed by atoms with E-state index in [1.54, 1.807) is 11.8 Å². The number of carboxylic acids is 1. The van der Waals surface area contributed by atoms with Crippen LogP contribution in [0.5, 0.6) is 0 Å². The first-order valence-electron chi connectivity index (χ1n) is 5.64. The van der Waals surface area contributed by atoms with Gasteiger partial charge in [0.25, 0.3) is 5.56 Å². The molecular formula is C11H14N2O4S. The second kappa shape index (κ2) is 5.01. The lowest BCUT2D eigenvalue weighted by Gasteiger charge is -2.13. The molecule has 1 aliphatic carbocycles. The first-order chi connectivity index (χ1) is 8.52. The maximum absolute atomic E-state index is 11.7. The fraction of sp³-hybridized carbons (Fsp3) is 0.545. The van der Waals surface area contributed by atoms with Crippen LogP contribution in [0.4, 0.5) is 0 Å². The summed E-state index contributed by atoms with van der Waals surface area (Å²) < 4.78 is 1.35. The van der Waals surface area contributed by atoms with Gasteiger partial charge in [-0.05, 0) is 25.5 Å². The molecule has 0 amide bonds. The van der Waals surface area contributed by atoms with E-state index < -0.39 is 17.2 Å². The van der Waals surface area contributed by atoms with E-state index in [9.17, 15) is 14.4 Å². The standard InChI is InChI=1S/C11H14N2O4S/c1-18-7-3-2-6(4-7)13-5-8(10(15)16)9(14)12-11(13)17/h5-7H,2-4H2,1H3,(H,15,16)(H,12,14,17). The molecule has 1 fully saturated rings. The summed E-state index contributed by atoms with van der Waals surface area (Å²) in [5.41, 5.74) is -1.76. The van der Waals surface area contributed by atoms with Gasteiger partial charge in [0, 0.05) is 17.5 Å². The van der Waals surface area contributed by atoms with Crippen LogP contribution in [0, 0.1) is 0 Å². The minimum atomic E-state index is -1.32. The van der Waals surface area contributed by atoms with Crippen molar-refractivity contribution in [2.45, 2.75) is 30.6 Å². The Hall–Kier alpha value is -1.50. The van der Waals surface area contributed by atoms with Crippen LogP contribution in [-0.4, -0.2) is 32.1 Å². The SMILES string of the molecule is CSC1CCC(n2cc(C(=O)O)c(=O)[nH]c2=O)C1. The molecule has 98 valence electrons. The van der Waals surface area contributed by atoms with E-state index in [1.807, 2.05) is 6.26 Å². The van der Waals surface area contributed by atoms with Crippen LogP contribution in [0.15, 0.2) is 15.8 Å². The van der Waals surface area contributed by atoms with Crippen LogP contribution >= 0.6 is 11.8 Å². The highest BCUT2D eigenvalue weighted by molar-refractivity contribution is 7.99. The second-order valence-corrected chi connectivity index (χ2v) is 5.48. The van der Waals surface area contributed by atoms with Crippen molar-refractivity contribution in [3.63, 3.8) is 0 Å². The lowest BCUT2D eigenvalue weighted by atomic mass is 10.2. The van der Waals surface area contributed by atoms with Crippen molar-refractivity contribution >= 4 is 17.7 Å². The monoisotopic (exact) mass is 270 g/mol. The van der Waals surface area contributed by atoms with Crippen LogP contribution in [0.25, 0.3) is 0 Å². The van der Waals surface area contributed by atoms with Crippen molar-refractivity contribution in [1.29, 1.82) is 0 Å². The first-order valence-corrected chi connectivity index (χ1v) is 6.93. The average molecular weight is 270 g/mol. The maximum atomic E-state index is 11.7. The van der Waals surface area contributed by atoms with Gasteiger partial charge in [-0.2, -0.15) is 11.8 Å². The number of hydrogen-bond donors (Lipinski definition) is 2. The quantitative estimate of drug-likeness (QED) is 0.843. The number of aromatic nitrogens is 2. The van der Waals surface area contributed by atoms with Gasteiger partial charge in [-0.3, -0.25) is 14.3 Å². The van der Waals surface area contributed by atoms with Crippen molar-refractivity contribution in [3.05, 3.63) is 32.6 Å². The molecule has 6 nitrogen and oxygen atoms in total. The molecule has 2 rings (SSSR count). The van der Waals surface area contributed by atoms with Gasteiger partial charge in [0.05, 0.1) is 0 Å². The molecule has 1 aromatic heterocycles. The van der Waals surface area contributed by atoms with Crippen molar-refractivity contribution in [3.8, 4) is 0 Å². The third-order valence-corrected chi connectivity index (χ3v) is 4.38. The zero-order valence-corrected chi connectivity index (χ0v) is 10.7. The molecule has 0 bridgehead atoms. The number of thioether (sulfide) groups is 1. The van der Waals surface area contributed by atoms with Crippen LogP contribution in [-0.2, 0) is 0 Å². The molecule has 2 atom stereocenters. The summed E-state index contributed by atoms with van der Waals surface area (Å²) in [5, 5.41) is 9.37. The van der Waals surface area contributed by atoms with Gasteiger partial charge in [-0.1, -0.05) is 0 Å². The molecule has 0 saturated heterocycles. The van der Waals surface area contributed by atoms with Crippen LogP contribution < -0.4 is 11.2 Å². The lowest BCUT2D eigenvalue weighted by molar-refractivity contribution is 0.0693. The van der Waals surface area contributed by atoms with Gasteiger partial charge in [0.15, 0.2) is 0 Å². The minimum absolute atomic E-state index is 0.0232. The largest absolute Gasteiger partial charge is 0.477 e. The average Bonchev–Trinajstić information content (AvgIpc) is 2.77. The highest BCUT2D eigenvalue weighted by atomic mass is 32.2. The molecule has 1 aliphatic rings. The Morgan fingerprint density at radius 1 is 1.50 bits per heavy atom. The molecule has 1 saturated carbocycles. The second-order valence-electron chi connectivity index (χ2n) is 4.34. The molecule has 2 unspecified atom stereocenters. The molecule has 0 radical (unpaired) electrons. The summed E-state index contributed by atoms with van der Waals surface area (Å²) in [6.45, 7) is 0. The lowest BCUT2D eigenvalue weighted by Crippen LogP contribution is -2.34. The topological polar surface area (TPSA) is 92.2 Å². The van der Waals surface area contributed by atoms with Gasteiger partial charge in [0.1, 0.15) is 5.56 Å². The molecule has 2 N–H and O–H groups in total. The Morgan fingerprint density at radius 2 is 2.22 bits per heavy atom. The van der Waals surface area contributed by atoms with E-state index in [0.29, 0.717) is 5.25 Å². The van der Waals surface area contributed by atoms with Crippen LogP contribution in [0.3, 0.4) is 0 Å². The molecule has 0 aromatic carbocycles. The molecule has 0 spiro atoms. The van der Waals surface area contributed by atoms with E-state index in [1.165, 1.54) is 4.57 Å². The highest BCUT2D eigenvalue weighted by Crippen LogP contribution is 2.35. The Kier molecular flexibility index (Phi) is 3.60. The third-order valence-electron chi connectivity index (χ3n) is 3.28. The predicted molar refractivity (Wildman–Crippen MR) is 68.5 cm³/mol. The predicted octanol–water partition coefficient (Wildman–Crippen LogP) is 0.691. The van der Waals surface area contributed by atoms with Gasteiger partial charge >= 0.3 is 11.7 Å². The van der Waals surface area contributed by atoms with E-state index in [4.69, 9.17) is 5.11 Å². The van der Waals surface area contributed by atoms with Crippen molar-refractivity contribution in [2.75, 3.05) is 6.26 Å². The van der Waals surface area contributed by atoms with Crippen LogP contribution in [0.1, 0.15) is 35.7 Å². The summed E-state index contributed by atoms with van der Waals surface area (Å²) in [6, 6.07) is -0.0232. The van der Waals surface area contributed by atoms with Crippen molar-refractivity contribution in [1.82, 2.24) is 9.55 Å². The van der Waals surface area contributed by atoms with Gasteiger partial charge in [0.2, 0.25) is 0 Å². The number of rotatable bonds is 3. The van der Waals surface area contributed by atoms with Crippen LogP contribution in [0.2, 0.25) is 0 Å². The number of H-pyrrole nitrogens is 1. The zero-order valence-electron chi connectivity index (χ0n) is 9.88. The fourth-order valence-electron chi connectivity index (χ4n) is 2.29. The Morgan fingerprint density at radius 3 is 2.78 bits per heavy atom. The fourth-order valence-corrected chi connectivity index (χ4v) is 3.08. The molecule has 1 aromatic rings. The van der Waals surface area contributed by atoms with E-state index in [-0.39, 0.29) is 11.6 Å². The van der Waals surface area contributed by atoms with E-state index in [0.717, 1.165) is 25.5 Å². The van der Waals surface area contributed by atoms with Crippen molar-refractivity contribution in [2.24, 2.45) is 0 Å². The minimum Gasteiger partial charge on any atom is -0.477 e. The molecule has 1 heterocycles. The van der Waals surface area contributed by atoms with E-state index in [2.05, 4.69) is 4.98 Å². The number of hydrogen-bond acceptors (Lipinski definition) is 4. The van der Waals surface area contributed by atoms with Crippen molar-refractivity contribution < 1.29 is 9.90 Å². The first kappa shape index (κ1) is 12.9. The number of aromatic amines is 1. The summed E-state index contributed by atoms with van der Waals surface area (Å²) in [5.74, 6) is -1.32. The molecule has 18 heavy (non-hydrogen) atoms. The summed E-state index contributed by atoms with van der Waals surface area (Å²) >= 11 is 1.75. The Balaban J connectivity index is 2.40. The summed E-state index contributed by atoms with van der Waals surface area (Å²) in [4.78, 5) is 36.0. The normalized spacial score (nSPS) is 23.2. The van der Waals surface area contributed by atoms with Gasteiger partial charge < -0.3 is 5.11 Å². The number of carboxylic acid groups (broad SMARTS) is 1. The summed E-state index contributed by atoms with van der Waals surface area (Å²) in [6.07, 6.45) is 5.84. The van der Waals surface area contributed by atoms with E-state index >= 15 is 0 Å². The number of nitrogens with one attached hydrogen (secondary N) is 1. The number of nitrogens with zero attached hydrogens (tertiary/aromatic N) is 1.